The molecule has 0 aliphatic carbocycles. The lowest BCUT2D eigenvalue weighted by atomic mass is 9.85. The first-order chi connectivity index (χ1) is 9.97. The smallest absolute Gasteiger partial charge is 0.317 e. The minimum Gasteiger partial charge on any atom is -0.481 e. The number of fused-ring (bicyclic) bond motifs is 1. The summed E-state index contributed by atoms with van der Waals surface area (Å²) in [4.78, 5) is 35.9. The lowest BCUT2D eigenvalue weighted by Gasteiger charge is -2.41. The summed E-state index contributed by atoms with van der Waals surface area (Å²) in [6.07, 6.45) is 2.58. The van der Waals surface area contributed by atoms with Crippen molar-refractivity contribution in [2.45, 2.75) is 38.6 Å². The summed E-state index contributed by atoms with van der Waals surface area (Å²) >= 11 is 0. The molecule has 118 valence electrons. The van der Waals surface area contributed by atoms with Crippen LogP contribution < -0.4 is 10.6 Å². The minimum atomic E-state index is -0.844. The van der Waals surface area contributed by atoms with Gasteiger partial charge >= 0.3 is 12.0 Å². The average Bonchev–Trinajstić information content (AvgIpc) is 2.46. The molecule has 2 rings (SSSR count). The number of nitrogens with one attached hydrogen (secondary N) is 2. The highest BCUT2D eigenvalue weighted by Gasteiger charge is 2.35. The third-order valence-corrected chi connectivity index (χ3v) is 4.38. The number of carboxylic acids is 1. The molecule has 2 heterocycles. The molecular formula is C14H23N3O4. The Morgan fingerprint density at radius 3 is 2.95 bits per heavy atom. The Labute approximate surface area is 124 Å². The fourth-order valence-corrected chi connectivity index (χ4v) is 2.93. The number of carbonyl (C=O) groups is 3. The normalized spacial score (nSPS) is 26.5. The van der Waals surface area contributed by atoms with Crippen LogP contribution >= 0.6 is 0 Å². The quantitative estimate of drug-likeness (QED) is 0.700. The van der Waals surface area contributed by atoms with Crippen molar-refractivity contribution in [2.24, 2.45) is 11.8 Å². The molecule has 2 aliphatic heterocycles. The van der Waals surface area contributed by atoms with Crippen LogP contribution in [-0.2, 0) is 9.59 Å². The number of rotatable bonds is 4. The third kappa shape index (κ3) is 4.09. The van der Waals surface area contributed by atoms with E-state index in [1.807, 2.05) is 0 Å². The van der Waals surface area contributed by atoms with Crippen molar-refractivity contribution in [1.29, 1.82) is 0 Å². The summed E-state index contributed by atoms with van der Waals surface area (Å²) in [5.74, 6) is -0.857. The van der Waals surface area contributed by atoms with Crippen molar-refractivity contribution >= 4 is 17.9 Å². The van der Waals surface area contributed by atoms with Crippen molar-refractivity contribution < 1.29 is 19.5 Å². The van der Waals surface area contributed by atoms with Crippen LogP contribution in [0, 0.1) is 11.8 Å². The zero-order valence-corrected chi connectivity index (χ0v) is 12.3. The maximum atomic E-state index is 12.1. The number of amides is 3. The standard InChI is InChI=1S/C14H23N3O4/c1-9(13(19)20)4-6-15-14(21)17-7-5-11-10(8-17)2-3-12(18)16-11/h9-11H,2-8H2,1H3,(H,15,21)(H,16,18)(H,19,20). The minimum absolute atomic E-state index is 0.108. The van der Waals surface area contributed by atoms with Crippen LogP contribution in [0.1, 0.15) is 32.6 Å². The molecule has 3 amide bonds. The van der Waals surface area contributed by atoms with Gasteiger partial charge in [-0.25, -0.2) is 4.79 Å². The van der Waals surface area contributed by atoms with Gasteiger partial charge in [-0.05, 0) is 25.2 Å². The fraction of sp³-hybridized carbons (Fsp3) is 0.786. The van der Waals surface area contributed by atoms with Gasteiger partial charge in [-0.3, -0.25) is 9.59 Å². The first kappa shape index (κ1) is 15.6. The van der Waals surface area contributed by atoms with Crippen molar-refractivity contribution in [1.82, 2.24) is 15.5 Å². The molecule has 3 N–H and O–H groups in total. The zero-order valence-electron chi connectivity index (χ0n) is 12.3. The van der Waals surface area contributed by atoms with Gasteiger partial charge in [0.25, 0.3) is 0 Å². The molecule has 0 bridgehead atoms. The van der Waals surface area contributed by atoms with E-state index in [0.717, 1.165) is 12.8 Å². The fourth-order valence-electron chi connectivity index (χ4n) is 2.93. The van der Waals surface area contributed by atoms with Crippen LogP contribution in [0.3, 0.4) is 0 Å². The second-order valence-corrected chi connectivity index (χ2v) is 5.97. The van der Waals surface area contributed by atoms with Gasteiger partial charge in [-0.2, -0.15) is 0 Å². The van der Waals surface area contributed by atoms with E-state index in [1.165, 1.54) is 0 Å². The van der Waals surface area contributed by atoms with E-state index in [-0.39, 0.29) is 18.0 Å². The Morgan fingerprint density at radius 1 is 1.48 bits per heavy atom. The number of nitrogens with zero attached hydrogens (tertiary/aromatic N) is 1. The second-order valence-electron chi connectivity index (χ2n) is 5.97. The number of hydrogen-bond donors (Lipinski definition) is 3. The van der Waals surface area contributed by atoms with Crippen LogP contribution in [0.25, 0.3) is 0 Å². The molecule has 3 unspecified atom stereocenters. The Kier molecular flexibility index (Phi) is 5.03. The van der Waals surface area contributed by atoms with Crippen molar-refractivity contribution in [2.75, 3.05) is 19.6 Å². The first-order valence-electron chi connectivity index (χ1n) is 7.52. The van der Waals surface area contributed by atoms with Gasteiger partial charge in [0.2, 0.25) is 5.91 Å². The molecule has 2 saturated heterocycles. The van der Waals surface area contributed by atoms with E-state index in [4.69, 9.17) is 5.11 Å². The van der Waals surface area contributed by atoms with E-state index in [9.17, 15) is 14.4 Å². The van der Waals surface area contributed by atoms with E-state index in [1.54, 1.807) is 11.8 Å². The maximum absolute atomic E-state index is 12.1. The van der Waals surface area contributed by atoms with Crippen LogP contribution in [0.2, 0.25) is 0 Å². The number of piperidine rings is 2. The maximum Gasteiger partial charge on any atom is 0.317 e. The topological polar surface area (TPSA) is 98.7 Å². The van der Waals surface area contributed by atoms with E-state index in [0.29, 0.717) is 38.4 Å². The van der Waals surface area contributed by atoms with Crippen LogP contribution in [-0.4, -0.2) is 53.6 Å². The highest BCUT2D eigenvalue weighted by Crippen LogP contribution is 2.25. The summed E-state index contributed by atoms with van der Waals surface area (Å²) in [6, 6.07) is 0.0604. The summed E-state index contributed by atoms with van der Waals surface area (Å²) < 4.78 is 0. The van der Waals surface area contributed by atoms with Crippen molar-refractivity contribution in [3.63, 3.8) is 0 Å². The molecule has 3 atom stereocenters. The Bertz CT molecular complexity index is 426. The number of urea groups is 1. The lowest BCUT2D eigenvalue weighted by molar-refractivity contribution is -0.141. The van der Waals surface area contributed by atoms with Gasteiger partial charge in [0, 0.05) is 32.1 Å². The number of hydrogen-bond acceptors (Lipinski definition) is 3. The molecule has 0 saturated carbocycles. The molecule has 7 nitrogen and oxygen atoms in total. The molecule has 2 aliphatic rings. The summed E-state index contributed by atoms with van der Waals surface area (Å²) in [7, 11) is 0. The Morgan fingerprint density at radius 2 is 2.24 bits per heavy atom. The molecule has 0 aromatic carbocycles. The number of carbonyl (C=O) groups excluding carboxylic acids is 2. The molecule has 0 aromatic heterocycles. The molecule has 0 aromatic rings. The monoisotopic (exact) mass is 297 g/mol. The van der Waals surface area contributed by atoms with Gasteiger partial charge < -0.3 is 20.6 Å². The van der Waals surface area contributed by atoms with Crippen molar-refractivity contribution in [3.8, 4) is 0 Å². The van der Waals surface area contributed by atoms with Crippen LogP contribution in [0.4, 0.5) is 4.79 Å². The molecule has 7 heteroatoms. The van der Waals surface area contributed by atoms with Crippen LogP contribution in [0.15, 0.2) is 0 Å². The van der Waals surface area contributed by atoms with E-state index in [2.05, 4.69) is 10.6 Å². The predicted molar refractivity (Wildman–Crippen MR) is 75.7 cm³/mol. The number of carboxylic acid groups (broad SMARTS) is 1. The molecule has 2 fully saturated rings. The van der Waals surface area contributed by atoms with Crippen LogP contribution in [0.5, 0.6) is 0 Å². The third-order valence-electron chi connectivity index (χ3n) is 4.38. The Hall–Kier alpha value is -1.79. The second kappa shape index (κ2) is 6.78. The molecular weight excluding hydrogens is 274 g/mol. The van der Waals surface area contributed by atoms with E-state index < -0.39 is 11.9 Å². The SMILES string of the molecule is CC(CCNC(=O)N1CCC2NC(=O)CCC2C1)C(=O)O. The van der Waals surface area contributed by atoms with Gasteiger partial charge in [0.15, 0.2) is 0 Å². The van der Waals surface area contributed by atoms with Gasteiger partial charge in [-0.15, -0.1) is 0 Å². The summed E-state index contributed by atoms with van der Waals surface area (Å²) in [6.45, 7) is 3.28. The van der Waals surface area contributed by atoms with E-state index >= 15 is 0 Å². The van der Waals surface area contributed by atoms with Crippen molar-refractivity contribution in [3.05, 3.63) is 0 Å². The number of likely N-dealkylation sites (tertiary alicyclic amines) is 1. The first-order valence-corrected chi connectivity index (χ1v) is 7.52. The highest BCUT2D eigenvalue weighted by molar-refractivity contribution is 5.77. The highest BCUT2D eigenvalue weighted by atomic mass is 16.4. The lowest BCUT2D eigenvalue weighted by Crippen LogP contribution is -2.56. The van der Waals surface area contributed by atoms with Gasteiger partial charge in [-0.1, -0.05) is 6.92 Å². The largest absolute Gasteiger partial charge is 0.481 e. The molecule has 0 spiro atoms. The predicted octanol–water partition coefficient (Wildman–Crippen LogP) is 0.407. The summed E-state index contributed by atoms with van der Waals surface area (Å²) in [5, 5.41) is 14.6. The van der Waals surface area contributed by atoms with Gasteiger partial charge in [0.1, 0.15) is 0 Å². The molecule has 0 radical (unpaired) electrons. The molecule has 21 heavy (non-hydrogen) atoms. The zero-order chi connectivity index (χ0) is 15.4. The average molecular weight is 297 g/mol. The number of aliphatic carboxylic acids is 1. The van der Waals surface area contributed by atoms with Gasteiger partial charge in [0.05, 0.1) is 5.92 Å². The Balaban J connectivity index is 1.74. The summed E-state index contributed by atoms with van der Waals surface area (Å²) in [5.41, 5.74) is 0.